The van der Waals surface area contributed by atoms with Crippen molar-refractivity contribution in [1.82, 2.24) is 0 Å². The molecular formula is C10H11NO2. The molecule has 0 bridgehead atoms. The molecule has 0 atom stereocenters. The summed E-state index contributed by atoms with van der Waals surface area (Å²) in [4.78, 5) is 0. The average molecular weight is 177 g/mol. The van der Waals surface area contributed by atoms with Crippen LogP contribution < -0.4 is 4.74 Å². The van der Waals surface area contributed by atoms with E-state index in [-0.39, 0.29) is 5.75 Å². The van der Waals surface area contributed by atoms with Crippen LogP contribution in [0, 0.1) is 11.3 Å². The van der Waals surface area contributed by atoms with Gasteiger partial charge in [0, 0.05) is 6.42 Å². The molecule has 0 saturated heterocycles. The van der Waals surface area contributed by atoms with Gasteiger partial charge in [0.25, 0.3) is 0 Å². The highest BCUT2D eigenvalue weighted by atomic mass is 16.5. The van der Waals surface area contributed by atoms with Crippen molar-refractivity contribution in [1.29, 1.82) is 5.26 Å². The molecule has 0 aliphatic carbocycles. The lowest BCUT2D eigenvalue weighted by Gasteiger charge is -2.04. The number of nitrogens with zero attached hydrogens (tertiary/aromatic N) is 1. The summed E-state index contributed by atoms with van der Waals surface area (Å²) in [6.45, 7) is 0. The fourth-order valence-electron chi connectivity index (χ4n) is 1.08. The molecule has 0 aliphatic heterocycles. The van der Waals surface area contributed by atoms with Crippen LogP contribution in [0.5, 0.6) is 11.5 Å². The van der Waals surface area contributed by atoms with Crippen LogP contribution in [0.4, 0.5) is 0 Å². The quantitative estimate of drug-likeness (QED) is 0.766. The highest BCUT2D eigenvalue weighted by Crippen LogP contribution is 2.26. The fraction of sp³-hybridized carbons (Fsp3) is 0.300. The molecule has 0 fully saturated rings. The number of phenols is 1. The van der Waals surface area contributed by atoms with Crippen molar-refractivity contribution in [3.8, 4) is 17.6 Å². The Hall–Kier alpha value is -1.69. The highest BCUT2D eigenvalue weighted by molar-refractivity contribution is 5.41. The van der Waals surface area contributed by atoms with E-state index in [4.69, 9.17) is 10.00 Å². The number of hydrogen-bond acceptors (Lipinski definition) is 3. The van der Waals surface area contributed by atoms with Crippen LogP contribution >= 0.6 is 0 Å². The van der Waals surface area contributed by atoms with Gasteiger partial charge in [0.2, 0.25) is 0 Å². The van der Waals surface area contributed by atoms with Gasteiger partial charge in [-0.3, -0.25) is 0 Å². The Morgan fingerprint density at radius 2 is 2.31 bits per heavy atom. The molecule has 1 N–H and O–H groups in total. The van der Waals surface area contributed by atoms with Crippen LogP contribution in [0.3, 0.4) is 0 Å². The first-order chi connectivity index (χ1) is 6.27. The first-order valence-corrected chi connectivity index (χ1v) is 4.00. The molecule has 68 valence electrons. The summed E-state index contributed by atoms with van der Waals surface area (Å²) < 4.78 is 4.93. The summed E-state index contributed by atoms with van der Waals surface area (Å²) >= 11 is 0. The topological polar surface area (TPSA) is 53.2 Å². The Morgan fingerprint density at radius 1 is 1.54 bits per heavy atom. The first kappa shape index (κ1) is 9.40. The highest BCUT2D eigenvalue weighted by Gasteiger charge is 2.01. The van der Waals surface area contributed by atoms with E-state index in [1.165, 1.54) is 7.11 Å². The van der Waals surface area contributed by atoms with E-state index in [0.29, 0.717) is 18.6 Å². The maximum absolute atomic E-state index is 9.27. The predicted molar refractivity (Wildman–Crippen MR) is 48.6 cm³/mol. The van der Waals surface area contributed by atoms with E-state index in [1.54, 1.807) is 18.2 Å². The van der Waals surface area contributed by atoms with Gasteiger partial charge in [-0.25, -0.2) is 0 Å². The third-order valence-electron chi connectivity index (χ3n) is 1.77. The smallest absolute Gasteiger partial charge is 0.160 e. The summed E-state index contributed by atoms with van der Waals surface area (Å²) in [6.07, 6.45) is 1.17. The number of nitriles is 1. The maximum Gasteiger partial charge on any atom is 0.160 e. The molecule has 0 saturated carbocycles. The van der Waals surface area contributed by atoms with E-state index in [9.17, 15) is 5.11 Å². The van der Waals surface area contributed by atoms with E-state index >= 15 is 0 Å². The molecule has 0 aliphatic rings. The van der Waals surface area contributed by atoms with Gasteiger partial charge in [-0.05, 0) is 24.1 Å². The Morgan fingerprint density at radius 3 is 2.92 bits per heavy atom. The van der Waals surface area contributed by atoms with Crippen molar-refractivity contribution in [2.24, 2.45) is 0 Å². The third-order valence-corrected chi connectivity index (χ3v) is 1.77. The van der Waals surface area contributed by atoms with Crippen LogP contribution in [-0.4, -0.2) is 12.2 Å². The van der Waals surface area contributed by atoms with Crippen molar-refractivity contribution in [2.45, 2.75) is 12.8 Å². The van der Waals surface area contributed by atoms with E-state index in [0.717, 1.165) is 5.56 Å². The SMILES string of the molecule is COc1cc(CCC#N)ccc1O. The number of aromatic hydroxyl groups is 1. The molecule has 13 heavy (non-hydrogen) atoms. The Kier molecular flexibility index (Phi) is 3.15. The number of benzene rings is 1. The van der Waals surface area contributed by atoms with Gasteiger partial charge >= 0.3 is 0 Å². The second-order valence-corrected chi connectivity index (χ2v) is 2.66. The van der Waals surface area contributed by atoms with Gasteiger partial charge in [-0.2, -0.15) is 5.26 Å². The van der Waals surface area contributed by atoms with Gasteiger partial charge < -0.3 is 9.84 Å². The number of phenolic OH excluding ortho intramolecular Hbond substituents is 1. The standard InChI is InChI=1S/C10H11NO2/c1-13-10-7-8(3-2-6-11)4-5-9(10)12/h4-5,7,12H,2-3H2,1H3. The molecule has 3 heteroatoms. The van der Waals surface area contributed by atoms with E-state index in [2.05, 4.69) is 6.07 Å². The van der Waals surface area contributed by atoms with Gasteiger partial charge in [0.05, 0.1) is 13.2 Å². The summed E-state index contributed by atoms with van der Waals surface area (Å²) in [7, 11) is 1.50. The Balaban J connectivity index is 2.81. The molecule has 0 unspecified atom stereocenters. The number of aryl methyl sites for hydroxylation is 1. The minimum absolute atomic E-state index is 0.128. The van der Waals surface area contributed by atoms with Crippen molar-refractivity contribution >= 4 is 0 Å². The van der Waals surface area contributed by atoms with Gasteiger partial charge in [-0.1, -0.05) is 6.07 Å². The van der Waals surface area contributed by atoms with Crippen molar-refractivity contribution in [2.75, 3.05) is 7.11 Å². The van der Waals surface area contributed by atoms with E-state index in [1.807, 2.05) is 0 Å². The Bertz CT molecular complexity index is 328. The van der Waals surface area contributed by atoms with Gasteiger partial charge in [-0.15, -0.1) is 0 Å². The second-order valence-electron chi connectivity index (χ2n) is 2.66. The zero-order chi connectivity index (χ0) is 9.68. The van der Waals surface area contributed by atoms with Crippen LogP contribution in [-0.2, 0) is 6.42 Å². The van der Waals surface area contributed by atoms with Crippen LogP contribution in [0.1, 0.15) is 12.0 Å². The Labute approximate surface area is 77.2 Å². The molecule has 0 heterocycles. The zero-order valence-corrected chi connectivity index (χ0v) is 7.45. The monoisotopic (exact) mass is 177 g/mol. The molecule has 1 rings (SSSR count). The van der Waals surface area contributed by atoms with Gasteiger partial charge in [0.15, 0.2) is 11.5 Å². The van der Waals surface area contributed by atoms with E-state index < -0.39 is 0 Å². The van der Waals surface area contributed by atoms with Crippen molar-refractivity contribution < 1.29 is 9.84 Å². The molecule has 1 aromatic rings. The summed E-state index contributed by atoms with van der Waals surface area (Å²) in [5, 5.41) is 17.6. The molecule has 3 nitrogen and oxygen atoms in total. The van der Waals surface area contributed by atoms with Crippen molar-refractivity contribution in [3.63, 3.8) is 0 Å². The maximum atomic E-state index is 9.27. The summed E-state index contributed by atoms with van der Waals surface area (Å²) in [5.41, 5.74) is 0.996. The lowest BCUT2D eigenvalue weighted by molar-refractivity contribution is 0.373. The average Bonchev–Trinajstić information content (AvgIpc) is 2.16. The molecule has 0 radical (unpaired) electrons. The molecular weight excluding hydrogens is 166 g/mol. The first-order valence-electron chi connectivity index (χ1n) is 4.00. The largest absolute Gasteiger partial charge is 0.504 e. The minimum Gasteiger partial charge on any atom is -0.504 e. The molecule has 0 amide bonds. The number of hydrogen-bond donors (Lipinski definition) is 1. The predicted octanol–water partition coefficient (Wildman–Crippen LogP) is 1.86. The van der Waals surface area contributed by atoms with Gasteiger partial charge in [0.1, 0.15) is 0 Å². The third kappa shape index (κ3) is 2.38. The number of ether oxygens (including phenoxy) is 1. The minimum atomic E-state index is 0.128. The van der Waals surface area contributed by atoms with Crippen molar-refractivity contribution in [3.05, 3.63) is 23.8 Å². The summed E-state index contributed by atoms with van der Waals surface area (Å²) in [5.74, 6) is 0.582. The normalized spacial score (nSPS) is 9.23. The summed E-state index contributed by atoms with van der Waals surface area (Å²) in [6, 6.07) is 7.17. The van der Waals surface area contributed by atoms with Crippen LogP contribution in [0.25, 0.3) is 0 Å². The van der Waals surface area contributed by atoms with Crippen LogP contribution in [0.15, 0.2) is 18.2 Å². The number of rotatable bonds is 3. The molecule has 0 aromatic heterocycles. The number of methoxy groups -OCH3 is 1. The zero-order valence-electron chi connectivity index (χ0n) is 7.45. The fourth-order valence-corrected chi connectivity index (χ4v) is 1.08. The molecule has 1 aromatic carbocycles. The lowest BCUT2D eigenvalue weighted by Crippen LogP contribution is -1.88. The van der Waals surface area contributed by atoms with Crippen LogP contribution in [0.2, 0.25) is 0 Å². The lowest BCUT2D eigenvalue weighted by atomic mass is 10.1. The molecule has 0 spiro atoms. The second kappa shape index (κ2) is 4.36.